The van der Waals surface area contributed by atoms with Crippen LogP contribution in [-0.4, -0.2) is 82.8 Å². The van der Waals surface area contributed by atoms with E-state index < -0.39 is 35.0 Å². The quantitative estimate of drug-likeness (QED) is 0.490. The van der Waals surface area contributed by atoms with E-state index in [1.807, 2.05) is 31.2 Å². The number of esters is 1. The fourth-order valence-electron chi connectivity index (χ4n) is 5.71. The van der Waals surface area contributed by atoms with Gasteiger partial charge in [0.25, 0.3) is 0 Å². The zero-order valence-electron chi connectivity index (χ0n) is 19.0. The number of rotatable bonds is 6. The Morgan fingerprint density at radius 1 is 1.09 bits per heavy atom. The molecule has 4 aliphatic rings. The van der Waals surface area contributed by atoms with Crippen LogP contribution in [0.3, 0.4) is 0 Å². The molecule has 0 aliphatic carbocycles. The van der Waals surface area contributed by atoms with Gasteiger partial charge in [0.2, 0.25) is 11.8 Å². The molecule has 176 valence electrons. The molecule has 5 atom stereocenters. The van der Waals surface area contributed by atoms with Crippen molar-refractivity contribution in [3.8, 4) is 0 Å². The van der Waals surface area contributed by atoms with Crippen molar-refractivity contribution in [3.05, 3.63) is 24.3 Å². The molecule has 32 heavy (non-hydrogen) atoms. The number of hydrogen-bond acceptors (Lipinski definition) is 6. The monoisotopic (exact) mass is 446 g/mol. The van der Waals surface area contributed by atoms with Crippen LogP contribution in [0.4, 0.5) is 0 Å². The molecule has 0 radical (unpaired) electrons. The lowest BCUT2D eigenvalue weighted by atomic mass is 9.74. The molecule has 0 saturated carbocycles. The van der Waals surface area contributed by atoms with E-state index in [0.29, 0.717) is 32.5 Å². The second kappa shape index (κ2) is 8.98. The molecule has 0 aromatic carbocycles. The molecule has 1 unspecified atom stereocenters. The van der Waals surface area contributed by atoms with Gasteiger partial charge in [-0.3, -0.25) is 14.4 Å². The van der Waals surface area contributed by atoms with E-state index in [1.165, 1.54) is 4.90 Å². The van der Waals surface area contributed by atoms with Crippen LogP contribution >= 0.6 is 0 Å². The molecule has 8 nitrogen and oxygen atoms in total. The molecular weight excluding hydrogens is 412 g/mol. The second-order valence-electron chi connectivity index (χ2n) is 9.36. The molecule has 2 fully saturated rings. The number of hydrogen-bond donors (Lipinski definition) is 1. The van der Waals surface area contributed by atoms with Crippen molar-refractivity contribution in [3.63, 3.8) is 0 Å². The lowest BCUT2D eigenvalue weighted by Crippen LogP contribution is -2.56. The third-order valence-electron chi connectivity index (χ3n) is 7.17. The lowest BCUT2D eigenvalue weighted by Gasteiger charge is -2.37. The number of likely N-dealkylation sites (tertiary alicyclic amines) is 1. The Kier molecular flexibility index (Phi) is 6.45. The summed E-state index contributed by atoms with van der Waals surface area (Å²) in [5, 5.41) is 9.41. The summed E-state index contributed by atoms with van der Waals surface area (Å²) in [6, 6.07) is -0.865. The molecule has 4 heterocycles. The Hall–Kier alpha value is -2.19. The number of carbonyl (C=O) groups excluding carboxylic acids is 3. The highest BCUT2D eigenvalue weighted by Crippen LogP contribution is 2.57. The third kappa shape index (κ3) is 3.57. The van der Waals surface area contributed by atoms with E-state index in [1.54, 1.807) is 4.90 Å². The molecule has 1 spiro atoms. The van der Waals surface area contributed by atoms with Crippen LogP contribution in [-0.2, 0) is 23.9 Å². The van der Waals surface area contributed by atoms with E-state index in [2.05, 4.69) is 6.92 Å². The van der Waals surface area contributed by atoms with Crippen LogP contribution in [0.5, 0.6) is 0 Å². The zero-order chi connectivity index (χ0) is 22.9. The van der Waals surface area contributed by atoms with E-state index in [4.69, 9.17) is 9.47 Å². The van der Waals surface area contributed by atoms with Crippen LogP contribution in [0.1, 0.15) is 46.0 Å². The summed E-state index contributed by atoms with van der Waals surface area (Å²) in [7, 11) is 0. The molecule has 0 bridgehead atoms. The third-order valence-corrected chi connectivity index (χ3v) is 7.17. The number of cyclic esters (lactones) is 1. The number of fused-ring (bicyclic) bond motifs is 2. The van der Waals surface area contributed by atoms with Crippen LogP contribution in [0, 0.1) is 11.8 Å². The number of nitrogens with zero attached hydrogens (tertiary/aromatic N) is 2. The van der Waals surface area contributed by atoms with Gasteiger partial charge in [-0.2, -0.15) is 0 Å². The highest BCUT2D eigenvalue weighted by atomic mass is 16.6. The van der Waals surface area contributed by atoms with Crippen molar-refractivity contribution in [1.29, 1.82) is 0 Å². The van der Waals surface area contributed by atoms with Gasteiger partial charge < -0.3 is 24.4 Å². The smallest absolute Gasteiger partial charge is 0.313 e. The van der Waals surface area contributed by atoms with Crippen molar-refractivity contribution in [2.75, 3.05) is 32.8 Å². The molecule has 8 heteroatoms. The predicted octanol–water partition coefficient (Wildman–Crippen LogP) is 1.43. The number of allylic oxidation sites excluding steroid dienone is 1. The van der Waals surface area contributed by atoms with Crippen molar-refractivity contribution < 1.29 is 29.0 Å². The molecule has 4 aliphatic heterocycles. The van der Waals surface area contributed by atoms with E-state index in [0.717, 1.165) is 19.3 Å². The Balaban J connectivity index is 1.81. The van der Waals surface area contributed by atoms with Crippen LogP contribution in [0.25, 0.3) is 0 Å². The average Bonchev–Trinajstić information content (AvgIpc) is 3.11. The highest BCUT2D eigenvalue weighted by Gasteiger charge is 2.74. The van der Waals surface area contributed by atoms with Crippen LogP contribution in [0.15, 0.2) is 24.3 Å². The first kappa shape index (κ1) is 23.0. The fourth-order valence-corrected chi connectivity index (χ4v) is 5.71. The van der Waals surface area contributed by atoms with Gasteiger partial charge in [0, 0.05) is 26.2 Å². The second-order valence-corrected chi connectivity index (χ2v) is 9.36. The first-order chi connectivity index (χ1) is 15.4. The maximum atomic E-state index is 13.8. The molecule has 0 aromatic heterocycles. The molecule has 0 aromatic rings. The Morgan fingerprint density at radius 3 is 2.66 bits per heavy atom. The number of aliphatic hydroxyl groups excluding tert-OH is 1. The fraction of sp³-hybridized carbons (Fsp3) is 0.708. The topological polar surface area (TPSA) is 96.4 Å². The molecule has 2 amide bonds. The first-order valence-corrected chi connectivity index (χ1v) is 11.8. The first-order valence-electron chi connectivity index (χ1n) is 11.8. The highest BCUT2D eigenvalue weighted by molar-refractivity contribution is 5.99. The van der Waals surface area contributed by atoms with Crippen molar-refractivity contribution in [1.82, 2.24) is 9.80 Å². The lowest BCUT2D eigenvalue weighted by molar-refractivity contribution is -0.159. The van der Waals surface area contributed by atoms with E-state index in [9.17, 15) is 19.5 Å². The summed E-state index contributed by atoms with van der Waals surface area (Å²) in [6.07, 6.45) is 11.2. The van der Waals surface area contributed by atoms with Gasteiger partial charge in [-0.05, 0) is 32.6 Å². The van der Waals surface area contributed by atoms with Gasteiger partial charge in [0.15, 0.2) is 0 Å². The number of carbonyl (C=O) groups is 3. The maximum Gasteiger partial charge on any atom is 0.313 e. The van der Waals surface area contributed by atoms with E-state index in [-0.39, 0.29) is 25.0 Å². The minimum atomic E-state index is -1.24. The predicted molar refractivity (Wildman–Crippen MR) is 116 cm³/mol. The molecule has 4 rings (SSSR count). The summed E-state index contributed by atoms with van der Waals surface area (Å²) in [4.78, 5) is 44.1. The van der Waals surface area contributed by atoms with Crippen molar-refractivity contribution in [2.24, 2.45) is 11.8 Å². The van der Waals surface area contributed by atoms with Gasteiger partial charge in [-0.25, -0.2) is 0 Å². The number of amides is 2. The minimum absolute atomic E-state index is 0.0927. The average molecular weight is 447 g/mol. The summed E-state index contributed by atoms with van der Waals surface area (Å²) in [5.41, 5.74) is -2.29. The largest absolute Gasteiger partial charge is 0.465 e. The van der Waals surface area contributed by atoms with Gasteiger partial charge in [0.05, 0.1) is 18.1 Å². The summed E-state index contributed by atoms with van der Waals surface area (Å²) < 4.78 is 12.2. The van der Waals surface area contributed by atoms with Crippen LogP contribution < -0.4 is 0 Å². The summed E-state index contributed by atoms with van der Waals surface area (Å²) >= 11 is 0. The Morgan fingerprint density at radius 2 is 1.91 bits per heavy atom. The SMILES string of the molecule is CCCCN1CC=C[C@]23O[C@]4(C)/C=C\CCCOC(=O)[C@@H]4[C@H]2C(=O)N(CCCO)C3C1=O. The summed E-state index contributed by atoms with van der Waals surface area (Å²) in [5.74, 6) is -2.59. The molecule has 1 N–H and O–H groups in total. The normalized spacial score (nSPS) is 37.7. The number of unbranched alkanes of at least 4 members (excludes halogenated alkanes) is 1. The van der Waals surface area contributed by atoms with E-state index >= 15 is 0 Å². The van der Waals surface area contributed by atoms with Gasteiger partial charge in [0.1, 0.15) is 17.6 Å². The van der Waals surface area contributed by atoms with Gasteiger partial charge in [-0.1, -0.05) is 37.6 Å². The van der Waals surface area contributed by atoms with Crippen LogP contribution in [0.2, 0.25) is 0 Å². The van der Waals surface area contributed by atoms with Gasteiger partial charge >= 0.3 is 5.97 Å². The maximum absolute atomic E-state index is 13.8. The Labute approximate surface area is 189 Å². The van der Waals surface area contributed by atoms with Crippen molar-refractivity contribution >= 4 is 17.8 Å². The molecular formula is C24H34N2O6. The minimum Gasteiger partial charge on any atom is -0.465 e. The number of ether oxygens (including phenoxy) is 2. The Bertz CT molecular complexity index is 825. The standard InChI is InChI=1S/C24H34N2O6/c1-3-4-12-25-13-8-11-24-17(20(28)26(14-9-15-27)19(24)21(25)29)18-22(30)31-16-7-5-6-10-23(18,2)32-24/h6,8,10-11,17-19,27H,3-5,7,9,12-16H2,1-2H3/b10-6-/t17-,18-,19?,23+,24-/m0/s1. The summed E-state index contributed by atoms with van der Waals surface area (Å²) in [6.45, 7) is 5.36. The van der Waals surface area contributed by atoms with Crippen molar-refractivity contribution in [2.45, 2.75) is 63.2 Å². The van der Waals surface area contributed by atoms with Gasteiger partial charge in [-0.15, -0.1) is 0 Å². The number of aliphatic hydroxyl groups is 1. The molecule has 2 saturated heterocycles. The zero-order valence-corrected chi connectivity index (χ0v) is 19.0.